The number of ether oxygens (including phenoxy) is 2. The summed E-state index contributed by atoms with van der Waals surface area (Å²) in [6.07, 6.45) is 1.06. The predicted octanol–water partition coefficient (Wildman–Crippen LogP) is 1.20. The number of nitrogens with one attached hydrogen (secondary N) is 2. The Balaban J connectivity index is 1.46. The fraction of sp³-hybridized carbons (Fsp3) is 0.522. The Bertz CT molecular complexity index is 993. The fourth-order valence-electron chi connectivity index (χ4n) is 4.50. The van der Waals surface area contributed by atoms with Gasteiger partial charge in [0, 0.05) is 38.3 Å². The zero-order valence-electron chi connectivity index (χ0n) is 19.3. The predicted molar refractivity (Wildman–Crippen MR) is 122 cm³/mol. The number of piperazine rings is 1. The summed E-state index contributed by atoms with van der Waals surface area (Å²) in [6.45, 7) is 5.49. The van der Waals surface area contributed by atoms with Crippen LogP contribution in [0.1, 0.15) is 29.1 Å². The molecule has 10 nitrogen and oxygen atoms in total. The lowest BCUT2D eigenvalue weighted by Gasteiger charge is -2.43. The molecule has 1 aromatic carbocycles. The van der Waals surface area contributed by atoms with Crippen LogP contribution in [0.15, 0.2) is 28.8 Å². The highest BCUT2D eigenvalue weighted by Crippen LogP contribution is 2.33. The number of piperidine rings is 1. The number of benzene rings is 1. The van der Waals surface area contributed by atoms with E-state index in [0.717, 1.165) is 17.2 Å². The number of anilines is 1. The number of amides is 2. The molecule has 2 N–H and O–H groups in total. The molecule has 178 valence electrons. The van der Waals surface area contributed by atoms with E-state index < -0.39 is 5.54 Å². The highest BCUT2D eigenvalue weighted by atomic mass is 16.5. The molecule has 0 bridgehead atoms. The molecule has 0 spiro atoms. The van der Waals surface area contributed by atoms with Gasteiger partial charge in [-0.2, -0.15) is 0 Å². The van der Waals surface area contributed by atoms with E-state index in [4.69, 9.17) is 14.0 Å². The third kappa shape index (κ3) is 4.75. The monoisotopic (exact) mass is 457 g/mol. The number of rotatable bonds is 6. The van der Waals surface area contributed by atoms with Crippen LogP contribution in [0.3, 0.4) is 0 Å². The van der Waals surface area contributed by atoms with Gasteiger partial charge < -0.3 is 34.4 Å². The summed E-state index contributed by atoms with van der Waals surface area (Å²) in [6, 6.07) is 7.32. The zero-order chi connectivity index (χ0) is 23.4. The highest BCUT2D eigenvalue weighted by molar-refractivity contribution is 5.98. The molecule has 2 saturated heterocycles. The van der Waals surface area contributed by atoms with Crippen molar-refractivity contribution < 1.29 is 23.6 Å². The molecule has 1 aromatic heterocycles. The van der Waals surface area contributed by atoms with Crippen molar-refractivity contribution >= 4 is 17.5 Å². The Kier molecular flexibility index (Phi) is 6.73. The first-order valence-electron chi connectivity index (χ1n) is 11.2. The molecule has 2 aliphatic heterocycles. The number of hydrogen-bond acceptors (Lipinski definition) is 8. The van der Waals surface area contributed by atoms with Gasteiger partial charge in [-0.05, 0) is 45.0 Å². The summed E-state index contributed by atoms with van der Waals surface area (Å²) >= 11 is 0. The van der Waals surface area contributed by atoms with Crippen molar-refractivity contribution in [3.63, 3.8) is 0 Å². The van der Waals surface area contributed by atoms with Gasteiger partial charge in [0.25, 0.3) is 5.91 Å². The molecule has 0 radical (unpaired) electrons. The van der Waals surface area contributed by atoms with Crippen LogP contribution in [0.25, 0.3) is 0 Å². The average Bonchev–Trinajstić information content (AvgIpc) is 3.30. The average molecular weight is 458 g/mol. The number of hydrogen-bond donors (Lipinski definition) is 2. The fourth-order valence-corrected chi connectivity index (χ4v) is 4.50. The molecule has 2 aromatic rings. The second-order valence-corrected chi connectivity index (χ2v) is 8.43. The number of methoxy groups -OCH3 is 2. The molecule has 2 amide bonds. The summed E-state index contributed by atoms with van der Waals surface area (Å²) in [5, 5.41) is 10.1. The van der Waals surface area contributed by atoms with E-state index >= 15 is 0 Å². The Labute approximate surface area is 193 Å². The van der Waals surface area contributed by atoms with Crippen LogP contribution in [-0.2, 0) is 4.79 Å². The van der Waals surface area contributed by atoms with Gasteiger partial charge in [-0.25, -0.2) is 0 Å². The smallest absolute Gasteiger partial charge is 0.274 e. The molecule has 3 heterocycles. The van der Waals surface area contributed by atoms with Gasteiger partial charge in [-0.1, -0.05) is 5.16 Å². The number of carbonyl (C=O) groups excluding carboxylic acids is 2. The topological polar surface area (TPSA) is 109 Å². The molecule has 0 atom stereocenters. The molecule has 33 heavy (non-hydrogen) atoms. The summed E-state index contributed by atoms with van der Waals surface area (Å²) in [7, 11) is 3.26. The van der Waals surface area contributed by atoms with Crippen LogP contribution >= 0.6 is 0 Å². The lowest BCUT2D eigenvalue weighted by Crippen LogP contribution is -2.65. The third-order valence-corrected chi connectivity index (χ3v) is 6.37. The number of nitrogens with zero attached hydrogens (tertiary/aromatic N) is 3. The maximum absolute atomic E-state index is 13.7. The summed E-state index contributed by atoms with van der Waals surface area (Å²) in [5.74, 6) is 1.59. The van der Waals surface area contributed by atoms with Crippen molar-refractivity contribution in [2.24, 2.45) is 0 Å². The van der Waals surface area contributed by atoms with E-state index in [0.29, 0.717) is 57.9 Å². The van der Waals surface area contributed by atoms with Crippen LogP contribution in [0.5, 0.6) is 11.5 Å². The SMILES string of the molecule is COc1ccc(N2CCN(C(=O)C3(NC(=O)c4cc(C)on4)CCNCC3)CC2)c(OC)c1. The standard InChI is InChI=1S/C23H31N5O5/c1-16-14-18(26-33-16)21(29)25-23(6-8-24-9-7-23)22(30)28-12-10-27(11-13-28)19-5-4-17(31-2)15-20(19)32-3/h4-5,14-15,24H,6-13H2,1-3H3,(H,25,29). The Morgan fingerprint density at radius 3 is 2.42 bits per heavy atom. The van der Waals surface area contributed by atoms with E-state index in [2.05, 4.69) is 20.7 Å². The van der Waals surface area contributed by atoms with Crippen LogP contribution in [0.2, 0.25) is 0 Å². The molecular weight excluding hydrogens is 426 g/mol. The van der Waals surface area contributed by atoms with Crippen molar-refractivity contribution in [1.29, 1.82) is 0 Å². The maximum Gasteiger partial charge on any atom is 0.274 e. The van der Waals surface area contributed by atoms with Crippen LogP contribution < -0.4 is 25.0 Å². The van der Waals surface area contributed by atoms with Crippen molar-refractivity contribution in [2.75, 3.05) is 58.4 Å². The van der Waals surface area contributed by atoms with E-state index in [9.17, 15) is 9.59 Å². The maximum atomic E-state index is 13.7. The van der Waals surface area contributed by atoms with Gasteiger partial charge in [-0.3, -0.25) is 9.59 Å². The lowest BCUT2D eigenvalue weighted by molar-refractivity contribution is -0.139. The van der Waals surface area contributed by atoms with E-state index in [1.165, 1.54) is 0 Å². The minimum Gasteiger partial charge on any atom is -0.497 e. The van der Waals surface area contributed by atoms with Crippen LogP contribution in [0.4, 0.5) is 5.69 Å². The van der Waals surface area contributed by atoms with Gasteiger partial charge >= 0.3 is 0 Å². The van der Waals surface area contributed by atoms with E-state index in [-0.39, 0.29) is 17.5 Å². The van der Waals surface area contributed by atoms with Gasteiger partial charge in [-0.15, -0.1) is 0 Å². The van der Waals surface area contributed by atoms with Crippen molar-refractivity contribution in [3.8, 4) is 11.5 Å². The number of carbonyl (C=O) groups is 2. The third-order valence-electron chi connectivity index (χ3n) is 6.37. The lowest BCUT2D eigenvalue weighted by atomic mass is 9.86. The summed E-state index contributed by atoms with van der Waals surface area (Å²) in [5.41, 5.74) is 0.209. The van der Waals surface area contributed by atoms with Gasteiger partial charge in [0.2, 0.25) is 5.91 Å². The molecule has 0 aliphatic carbocycles. The first kappa shape index (κ1) is 22.9. The molecule has 10 heteroatoms. The Hall–Kier alpha value is -3.27. The van der Waals surface area contributed by atoms with Gasteiger partial charge in [0.1, 0.15) is 22.8 Å². The minimum atomic E-state index is -0.949. The summed E-state index contributed by atoms with van der Waals surface area (Å²) < 4.78 is 15.9. The van der Waals surface area contributed by atoms with E-state index in [1.807, 2.05) is 23.1 Å². The van der Waals surface area contributed by atoms with Crippen molar-refractivity contribution in [1.82, 2.24) is 20.7 Å². The normalized spacial score (nSPS) is 18.0. The molecule has 0 unspecified atom stereocenters. The minimum absolute atomic E-state index is 0.0427. The summed E-state index contributed by atoms with van der Waals surface area (Å²) in [4.78, 5) is 30.6. The van der Waals surface area contributed by atoms with Crippen molar-refractivity contribution in [3.05, 3.63) is 35.7 Å². The molecule has 4 rings (SSSR count). The van der Waals surface area contributed by atoms with Gasteiger partial charge in [0.05, 0.1) is 19.9 Å². The van der Waals surface area contributed by atoms with Crippen LogP contribution in [-0.4, -0.2) is 80.9 Å². The number of aryl methyl sites for hydroxylation is 1. The van der Waals surface area contributed by atoms with Gasteiger partial charge in [0.15, 0.2) is 5.69 Å². The first-order chi connectivity index (χ1) is 16.0. The quantitative estimate of drug-likeness (QED) is 0.666. The molecule has 2 aliphatic rings. The zero-order valence-corrected chi connectivity index (χ0v) is 19.3. The Morgan fingerprint density at radius 2 is 1.82 bits per heavy atom. The highest BCUT2D eigenvalue weighted by Gasteiger charge is 2.44. The second-order valence-electron chi connectivity index (χ2n) is 8.43. The van der Waals surface area contributed by atoms with Crippen molar-refractivity contribution in [2.45, 2.75) is 25.3 Å². The number of aromatic nitrogens is 1. The Morgan fingerprint density at radius 1 is 1.09 bits per heavy atom. The largest absolute Gasteiger partial charge is 0.497 e. The first-order valence-corrected chi connectivity index (χ1v) is 11.2. The molecule has 2 fully saturated rings. The molecule has 0 saturated carbocycles. The van der Waals surface area contributed by atoms with Crippen LogP contribution in [0, 0.1) is 6.92 Å². The second kappa shape index (κ2) is 9.70. The molecular formula is C23H31N5O5. The van der Waals surface area contributed by atoms with E-state index in [1.54, 1.807) is 27.2 Å².